The maximum absolute atomic E-state index is 12.8. The van der Waals surface area contributed by atoms with Crippen molar-refractivity contribution in [3.8, 4) is 22.8 Å². The van der Waals surface area contributed by atoms with Crippen LogP contribution in [0.1, 0.15) is 30.9 Å². The monoisotopic (exact) mass is 345 g/mol. The van der Waals surface area contributed by atoms with Crippen LogP contribution in [0.2, 0.25) is 0 Å². The average molecular weight is 345 g/mol. The fraction of sp³-hybridized carbons (Fsp3) is 0.190. The molecule has 0 bridgehead atoms. The van der Waals surface area contributed by atoms with Crippen molar-refractivity contribution in [1.29, 1.82) is 0 Å². The molecular weight excluding hydrogens is 326 g/mol. The second-order valence-corrected chi connectivity index (χ2v) is 6.78. The number of aromatic amines is 1. The Labute approximate surface area is 150 Å². The predicted octanol–water partition coefficient (Wildman–Crippen LogP) is 4.68. The molecule has 130 valence electrons. The standard InChI is InChI=1S/C21H19N3O2/c1-12(2)14-5-7-15(8-6-14)20-23-21(26-24-20)17-11-22-18-9-4-13(3)10-16(18)19(17)25/h4-12H,1-3H3,(H,22,25). The van der Waals surface area contributed by atoms with Gasteiger partial charge in [0.05, 0.1) is 0 Å². The summed E-state index contributed by atoms with van der Waals surface area (Å²) in [5.41, 5.74) is 4.18. The minimum Gasteiger partial charge on any atom is -0.360 e. The van der Waals surface area contributed by atoms with E-state index in [0.29, 0.717) is 22.7 Å². The largest absolute Gasteiger partial charge is 0.360 e. The van der Waals surface area contributed by atoms with E-state index in [1.807, 2.05) is 37.3 Å². The fourth-order valence-corrected chi connectivity index (χ4v) is 2.96. The number of nitrogens with zero attached hydrogens (tertiary/aromatic N) is 2. The smallest absolute Gasteiger partial charge is 0.263 e. The van der Waals surface area contributed by atoms with Crippen molar-refractivity contribution in [3.63, 3.8) is 0 Å². The zero-order valence-corrected chi connectivity index (χ0v) is 14.9. The van der Waals surface area contributed by atoms with Crippen LogP contribution in [0.25, 0.3) is 33.7 Å². The van der Waals surface area contributed by atoms with Crippen LogP contribution in [0.4, 0.5) is 0 Å². The highest BCUT2D eigenvalue weighted by Gasteiger charge is 2.15. The minimum absolute atomic E-state index is 0.118. The Morgan fingerprint density at radius 3 is 2.58 bits per heavy atom. The average Bonchev–Trinajstić information content (AvgIpc) is 3.12. The number of H-pyrrole nitrogens is 1. The lowest BCUT2D eigenvalue weighted by Gasteiger charge is -2.04. The second-order valence-electron chi connectivity index (χ2n) is 6.78. The van der Waals surface area contributed by atoms with Crippen LogP contribution < -0.4 is 5.43 Å². The molecule has 0 atom stereocenters. The van der Waals surface area contributed by atoms with Gasteiger partial charge in [0.25, 0.3) is 5.89 Å². The van der Waals surface area contributed by atoms with Crippen molar-refractivity contribution < 1.29 is 4.52 Å². The highest BCUT2D eigenvalue weighted by molar-refractivity contribution is 5.82. The van der Waals surface area contributed by atoms with Crippen LogP contribution in [-0.2, 0) is 0 Å². The predicted molar refractivity (Wildman–Crippen MR) is 102 cm³/mol. The molecule has 0 saturated carbocycles. The molecule has 5 heteroatoms. The minimum atomic E-state index is -0.118. The Balaban J connectivity index is 1.75. The molecule has 26 heavy (non-hydrogen) atoms. The lowest BCUT2D eigenvalue weighted by molar-refractivity contribution is 0.432. The summed E-state index contributed by atoms with van der Waals surface area (Å²) in [7, 11) is 0. The fourth-order valence-electron chi connectivity index (χ4n) is 2.96. The van der Waals surface area contributed by atoms with Gasteiger partial charge in [0.2, 0.25) is 11.3 Å². The molecule has 2 aromatic carbocycles. The van der Waals surface area contributed by atoms with Gasteiger partial charge in [-0.05, 0) is 30.5 Å². The van der Waals surface area contributed by atoms with Crippen LogP contribution in [-0.4, -0.2) is 15.1 Å². The molecule has 2 aromatic heterocycles. The van der Waals surface area contributed by atoms with E-state index in [0.717, 1.165) is 16.6 Å². The molecule has 0 spiro atoms. The van der Waals surface area contributed by atoms with Gasteiger partial charge in [-0.1, -0.05) is 54.9 Å². The molecule has 0 radical (unpaired) electrons. The van der Waals surface area contributed by atoms with Gasteiger partial charge in [0, 0.05) is 22.7 Å². The molecule has 1 N–H and O–H groups in total. The van der Waals surface area contributed by atoms with Crippen LogP contribution in [0.3, 0.4) is 0 Å². The lowest BCUT2D eigenvalue weighted by Crippen LogP contribution is -2.06. The molecule has 5 nitrogen and oxygen atoms in total. The molecule has 2 heterocycles. The number of aryl methyl sites for hydroxylation is 1. The summed E-state index contributed by atoms with van der Waals surface area (Å²) in [6.45, 7) is 6.25. The zero-order chi connectivity index (χ0) is 18.3. The first-order valence-electron chi connectivity index (χ1n) is 8.59. The molecule has 4 aromatic rings. The van der Waals surface area contributed by atoms with Gasteiger partial charge in [0.15, 0.2) is 0 Å². The van der Waals surface area contributed by atoms with Gasteiger partial charge in [-0.2, -0.15) is 4.98 Å². The topological polar surface area (TPSA) is 71.8 Å². The SMILES string of the molecule is Cc1ccc2[nH]cc(-c3nc(-c4ccc(C(C)C)cc4)no3)c(=O)c2c1. The maximum Gasteiger partial charge on any atom is 0.263 e. The van der Waals surface area contributed by atoms with Crippen molar-refractivity contribution >= 4 is 10.9 Å². The first-order chi connectivity index (χ1) is 12.5. The third-order valence-corrected chi connectivity index (χ3v) is 4.53. The number of hydrogen-bond acceptors (Lipinski definition) is 4. The molecular formula is C21H19N3O2. The third-order valence-electron chi connectivity index (χ3n) is 4.53. The number of rotatable bonds is 3. The maximum atomic E-state index is 12.8. The quantitative estimate of drug-likeness (QED) is 0.585. The summed E-state index contributed by atoms with van der Waals surface area (Å²) in [5.74, 6) is 1.15. The Morgan fingerprint density at radius 1 is 1.08 bits per heavy atom. The van der Waals surface area contributed by atoms with Gasteiger partial charge in [-0.15, -0.1) is 0 Å². The molecule has 0 fully saturated rings. The first kappa shape index (κ1) is 16.3. The number of hydrogen-bond donors (Lipinski definition) is 1. The Hall–Kier alpha value is -3.21. The van der Waals surface area contributed by atoms with Crippen LogP contribution in [0.15, 0.2) is 58.0 Å². The van der Waals surface area contributed by atoms with E-state index in [4.69, 9.17) is 4.52 Å². The Morgan fingerprint density at radius 2 is 1.85 bits per heavy atom. The first-order valence-corrected chi connectivity index (χ1v) is 8.59. The highest BCUT2D eigenvalue weighted by Crippen LogP contribution is 2.23. The van der Waals surface area contributed by atoms with Crippen LogP contribution in [0.5, 0.6) is 0 Å². The van der Waals surface area contributed by atoms with E-state index in [1.165, 1.54) is 5.56 Å². The van der Waals surface area contributed by atoms with Crippen molar-refractivity contribution in [3.05, 3.63) is 70.0 Å². The molecule has 0 saturated heterocycles. The summed E-state index contributed by atoms with van der Waals surface area (Å²) in [4.78, 5) is 20.3. The van der Waals surface area contributed by atoms with Crippen molar-refractivity contribution in [2.75, 3.05) is 0 Å². The molecule has 0 unspecified atom stereocenters. The van der Waals surface area contributed by atoms with Gasteiger partial charge in [0.1, 0.15) is 5.56 Å². The number of nitrogens with one attached hydrogen (secondary N) is 1. The molecule has 0 amide bonds. The highest BCUT2D eigenvalue weighted by atomic mass is 16.5. The summed E-state index contributed by atoms with van der Waals surface area (Å²) in [6.07, 6.45) is 1.62. The summed E-state index contributed by atoms with van der Waals surface area (Å²) < 4.78 is 5.36. The van der Waals surface area contributed by atoms with E-state index in [9.17, 15) is 4.79 Å². The van der Waals surface area contributed by atoms with Gasteiger partial charge < -0.3 is 9.51 Å². The molecule has 4 rings (SSSR count). The number of benzene rings is 2. The number of pyridine rings is 1. The van der Waals surface area contributed by atoms with E-state index < -0.39 is 0 Å². The second kappa shape index (κ2) is 6.26. The van der Waals surface area contributed by atoms with E-state index >= 15 is 0 Å². The van der Waals surface area contributed by atoms with Gasteiger partial charge >= 0.3 is 0 Å². The van der Waals surface area contributed by atoms with Crippen molar-refractivity contribution in [2.45, 2.75) is 26.7 Å². The number of fused-ring (bicyclic) bond motifs is 1. The van der Waals surface area contributed by atoms with Gasteiger partial charge in [-0.3, -0.25) is 4.79 Å². The number of aromatic nitrogens is 3. The Kier molecular flexibility index (Phi) is 3.92. The summed E-state index contributed by atoms with van der Waals surface area (Å²) >= 11 is 0. The third kappa shape index (κ3) is 2.81. The Bertz CT molecular complexity index is 1140. The van der Waals surface area contributed by atoms with Crippen molar-refractivity contribution in [1.82, 2.24) is 15.1 Å². The van der Waals surface area contributed by atoms with Gasteiger partial charge in [-0.25, -0.2) is 0 Å². The van der Waals surface area contributed by atoms with E-state index in [1.54, 1.807) is 6.20 Å². The molecule has 0 aliphatic carbocycles. The summed E-state index contributed by atoms with van der Waals surface area (Å²) in [6, 6.07) is 13.8. The van der Waals surface area contributed by atoms with E-state index in [-0.39, 0.29) is 11.3 Å². The lowest BCUT2D eigenvalue weighted by atomic mass is 10.0. The van der Waals surface area contributed by atoms with Crippen LogP contribution in [0, 0.1) is 6.92 Å². The van der Waals surface area contributed by atoms with Crippen LogP contribution >= 0.6 is 0 Å². The summed E-state index contributed by atoms with van der Waals surface area (Å²) in [5, 5.41) is 4.65. The van der Waals surface area contributed by atoms with E-state index in [2.05, 4.69) is 41.1 Å². The normalized spacial score (nSPS) is 11.4. The molecule has 0 aliphatic rings. The molecule has 0 aliphatic heterocycles. The van der Waals surface area contributed by atoms with Crippen molar-refractivity contribution in [2.24, 2.45) is 0 Å². The zero-order valence-electron chi connectivity index (χ0n) is 14.9.